The number of carbonyl (C=O) groups excluding carboxylic acids is 1. The lowest BCUT2D eigenvalue weighted by molar-refractivity contribution is -0.119. The average Bonchev–Trinajstić information content (AvgIpc) is 3.19. The summed E-state index contributed by atoms with van der Waals surface area (Å²) >= 11 is 7.36. The number of anilines is 1. The van der Waals surface area contributed by atoms with Gasteiger partial charge in [0, 0.05) is 27.7 Å². The van der Waals surface area contributed by atoms with Crippen LogP contribution < -0.4 is 9.64 Å². The summed E-state index contributed by atoms with van der Waals surface area (Å²) in [4.78, 5) is 22.8. The lowest BCUT2D eigenvalue weighted by Gasteiger charge is -2.30. The first-order valence-corrected chi connectivity index (χ1v) is 10.8. The Kier molecular flexibility index (Phi) is 6.11. The summed E-state index contributed by atoms with van der Waals surface area (Å²) in [6.45, 7) is 1.79. The van der Waals surface area contributed by atoms with Crippen molar-refractivity contribution in [2.75, 3.05) is 12.0 Å². The summed E-state index contributed by atoms with van der Waals surface area (Å²) in [6, 6.07) is 11.7. The average molecular weight is 462 g/mol. The predicted molar refractivity (Wildman–Crippen MR) is 120 cm³/mol. The van der Waals surface area contributed by atoms with E-state index in [-0.39, 0.29) is 34.1 Å². The zero-order valence-corrected chi connectivity index (χ0v) is 18.2. The Bertz CT molecular complexity index is 1180. The van der Waals surface area contributed by atoms with Crippen molar-refractivity contribution in [1.29, 1.82) is 0 Å². The number of ether oxygens (including phenoxy) is 1. The molecule has 5 nitrogen and oxygen atoms in total. The number of nitrogens with zero attached hydrogens (tertiary/aromatic N) is 3. The molecule has 2 aromatic carbocycles. The first kappa shape index (κ1) is 21.5. The molecule has 0 saturated carbocycles. The second-order valence-corrected chi connectivity index (χ2v) is 8.39. The highest BCUT2D eigenvalue weighted by atomic mass is 35.5. The smallest absolute Gasteiger partial charge is 0.245 e. The van der Waals surface area contributed by atoms with E-state index in [0.717, 1.165) is 4.90 Å². The van der Waals surface area contributed by atoms with Crippen LogP contribution in [0.1, 0.15) is 18.8 Å². The highest BCUT2D eigenvalue weighted by Gasteiger charge is 2.37. The van der Waals surface area contributed by atoms with Crippen LogP contribution >= 0.6 is 23.4 Å². The molecule has 3 unspecified atom stereocenters. The van der Waals surface area contributed by atoms with Crippen molar-refractivity contribution in [3.05, 3.63) is 64.9 Å². The van der Waals surface area contributed by atoms with Crippen LogP contribution in [0.15, 0.2) is 53.5 Å². The monoisotopic (exact) mass is 461 g/mol. The van der Waals surface area contributed by atoms with E-state index in [1.165, 1.54) is 43.1 Å². The molecule has 0 radical (unpaired) electrons. The molecule has 4 rings (SSSR count). The van der Waals surface area contributed by atoms with Gasteiger partial charge >= 0.3 is 0 Å². The van der Waals surface area contributed by atoms with Crippen LogP contribution in [0.3, 0.4) is 0 Å². The summed E-state index contributed by atoms with van der Waals surface area (Å²) in [5, 5.41) is 0.00884. The number of halogens is 3. The molecule has 3 atom stereocenters. The third-order valence-corrected chi connectivity index (χ3v) is 6.37. The number of hydrogen-bond donors (Lipinski definition) is 0. The lowest BCUT2D eigenvalue weighted by Crippen LogP contribution is -2.42. The Morgan fingerprint density at radius 2 is 2.03 bits per heavy atom. The molecule has 1 amide bonds. The molecule has 3 aromatic rings. The third-order valence-electron chi connectivity index (χ3n) is 5.00. The second kappa shape index (κ2) is 8.80. The first-order chi connectivity index (χ1) is 14.9. The maximum atomic E-state index is 16.2. The van der Waals surface area contributed by atoms with Gasteiger partial charge in [0.2, 0.25) is 18.1 Å². The van der Waals surface area contributed by atoms with Gasteiger partial charge in [0.15, 0.2) is 0 Å². The number of fused-ring (bicyclic) bond motifs is 1. The van der Waals surface area contributed by atoms with Crippen LogP contribution in [0.4, 0.5) is 14.5 Å². The summed E-state index contributed by atoms with van der Waals surface area (Å²) in [7, 11) is 1.36. The number of methoxy groups -OCH3 is 1. The van der Waals surface area contributed by atoms with Crippen LogP contribution in [-0.4, -0.2) is 34.8 Å². The predicted octanol–water partition coefficient (Wildman–Crippen LogP) is 5.57. The molecular formula is C22H18ClF2N3O2S. The maximum Gasteiger partial charge on any atom is 0.245 e. The van der Waals surface area contributed by atoms with E-state index in [1.54, 1.807) is 36.7 Å². The highest BCUT2D eigenvalue weighted by Crippen LogP contribution is 2.38. The Morgan fingerprint density at radius 3 is 2.71 bits per heavy atom. The number of pyridine rings is 1. The van der Waals surface area contributed by atoms with Crippen molar-refractivity contribution in [3.8, 4) is 5.88 Å². The number of amides is 1. The molecule has 31 heavy (non-hydrogen) atoms. The zero-order chi connectivity index (χ0) is 22.1. The highest BCUT2D eigenvalue weighted by molar-refractivity contribution is 8.13. The molecule has 0 spiro atoms. The van der Waals surface area contributed by atoms with Crippen molar-refractivity contribution in [1.82, 2.24) is 4.98 Å². The molecule has 1 aromatic heterocycles. The Morgan fingerprint density at radius 1 is 1.26 bits per heavy atom. The number of benzene rings is 2. The minimum Gasteiger partial charge on any atom is -0.481 e. The minimum absolute atomic E-state index is 0.0371. The summed E-state index contributed by atoms with van der Waals surface area (Å²) in [6.07, 6.45) is -1.94. The Hall–Kier alpha value is -2.71. The first-order valence-electron chi connectivity index (χ1n) is 9.43. The van der Waals surface area contributed by atoms with Gasteiger partial charge in [-0.25, -0.2) is 13.8 Å². The van der Waals surface area contributed by atoms with Gasteiger partial charge in [-0.2, -0.15) is 0 Å². The molecule has 1 aliphatic rings. The fourth-order valence-electron chi connectivity index (χ4n) is 3.44. The van der Waals surface area contributed by atoms with Gasteiger partial charge in [0.1, 0.15) is 16.6 Å². The number of alkyl halides is 1. The number of aliphatic imine (C=N–C) groups is 1. The van der Waals surface area contributed by atoms with E-state index in [1.807, 2.05) is 0 Å². The molecule has 2 heterocycles. The molecule has 9 heteroatoms. The van der Waals surface area contributed by atoms with E-state index in [0.29, 0.717) is 5.02 Å². The maximum absolute atomic E-state index is 16.2. The number of carbonyl (C=O) groups is 1. The van der Waals surface area contributed by atoms with Gasteiger partial charge in [-0.15, -0.1) is 0 Å². The van der Waals surface area contributed by atoms with Crippen molar-refractivity contribution in [2.45, 2.75) is 24.5 Å². The van der Waals surface area contributed by atoms with Crippen LogP contribution in [0.25, 0.3) is 10.9 Å². The standard InChI is InChI=1S/C22H18ClF2N3O2S/c1-12-20(31-11-26-12)22(29)28(14-6-3-5-13(23)9-14)21(25)16-10-18(30-2)27-19-15(16)7-4-8-17(19)24/h3-12,20-21H,1-2H3. The fraction of sp³-hybridized carbons (Fsp3) is 0.227. The number of hydrogen-bond acceptors (Lipinski definition) is 5. The van der Waals surface area contributed by atoms with E-state index in [2.05, 4.69) is 9.98 Å². The summed E-state index contributed by atoms with van der Waals surface area (Å²) in [5.41, 5.74) is 1.90. The van der Waals surface area contributed by atoms with E-state index < -0.39 is 23.3 Å². The Labute approximate surface area is 187 Å². The second-order valence-electron chi connectivity index (χ2n) is 6.97. The Balaban J connectivity index is 1.88. The van der Waals surface area contributed by atoms with Crippen LogP contribution in [0, 0.1) is 5.82 Å². The molecular weight excluding hydrogens is 444 g/mol. The van der Waals surface area contributed by atoms with Crippen molar-refractivity contribution < 1.29 is 18.3 Å². The molecule has 0 aliphatic carbocycles. The van der Waals surface area contributed by atoms with Gasteiger partial charge < -0.3 is 4.74 Å². The van der Waals surface area contributed by atoms with Crippen molar-refractivity contribution in [3.63, 3.8) is 0 Å². The van der Waals surface area contributed by atoms with E-state index >= 15 is 4.39 Å². The largest absolute Gasteiger partial charge is 0.481 e. The third kappa shape index (κ3) is 4.09. The fourth-order valence-corrected chi connectivity index (χ4v) is 4.55. The number of rotatable bonds is 5. The molecule has 0 fully saturated rings. The quantitative estimate of drug-likeness (QED) is 0.466. The molecule has 0 saturated heterocycles. The van der Waals surface area contributed by atoms with Crippen molar-refractivity contribution >= 4 is 51.4 Å². The molecule has 0 N–H and O–H groups in total. The SMILES string of the molecule is COc1cc(C(F)N(C(=O)C2SC=NC2C)c2cccc(Cl)c2)c2cccc(F)c2n1. The van der Waals surface area contributed by atoms with Crippen LogP contribution in [0.2, 0.25) is 5.02 Å². The van der Waals surface area contributed by atoms with Crippen LogP contribution in [0.5, 0.6) is 5.88 Å². The molecule has 1 aliphatic heterocycles. The van der Waals surface area contributed by atoms with Gasteiger partial charge in [-0.05, 0) is 31.2 Å². The van der Waals surface area contributed by atoms with Gasteiger partial charge in [0.05, 0.1) is 18.7 Å². The normalized spacial score (nSPS) is 18.9. The zero-order valence-electron chi connectivity index (χ0n) is 16.6. The number of para-hydroxylation sites is 1. The number of aromatic nitrogens is 1. The van der Waals surface area contributed by atoms with E-state index in [4.69, 9.17) is 16.3 Å². The number of thioether (sulfide) groups is 1. The molecule has 160 valence electrons. The van der Waals surface area contributed by atoms with Gasteiger partial charge in [0.25, 0.3) is 0 Å². The lowest BCUT2D eigenvalue weighted by atomic mass is 10.1. The molecule has 0 bridgehead atoms. The summed E-state index contributed by atoms with van der Waals surface area (Å²) < 4.78 is 35.8. The van der Waals surface area contributed by atoms with Gasteiger partial charge in [-0.1, -0.05) is 41.6 Å². The minimum atomic E-state index is -1.94. The summed E-state index contributed by atoms with van der Waals surface area (Å²) in [5.74, 6) is -1.04. The van der Waals surface area contributed by atoms with Gasteiger partial charge in [-0.3, -0.25) is 14.7 Å². The van der Waals surface area contributed by atoms with Crippen molar-refractivity contribution in [2.24, 2.45) is 4.99 Å². The topological polar surface area (TPSA) is 54.8 Å². The van der Waals surface area contributed by atoms with E-state index in [9.17, 15) is 9.18 Å². The van der Waals surface area contributed by atoms with Crippen LogP contribution in [-0.2, 0) is 4.79 Å².